The van der Waals surface area contributed by atoms with Crippen molar-refractivity contribution in [2.24, 2.45) is 0 Å². The van der Waals surface area contributed by atoms with Gasteiger partial charge in [0.1, 0.15) is 0 Å². The van der Waals surface area contributed by atoms with E-state index in [2.05, 4.69) is 37.5 Å². The Kier molecular flexibility index (Phi) is 5.14. The van der Waals surface area contributed by atoms with Crippen LogP contribution in [0.25, 0.3) is 0 Å². The first kappa shape index (κ1) is 17.3. The average molecular weight is 361 g/mol. The van der Waals surface area contributed by atoms with E-state index in [-0.39, 0.29) is 12.1 Å². The molecule has 1 atom stereocenters. The third-order valence-electron chi connectivity index (χ3n) is 4.90. The van der Waals surface area contributed by atoms with Gasteiger partial charge < -0.3 is 10.6 Å². The van der Waals surface area contributed by atoms with Gasteiger partial charge in [-0.25, -0.2) is 4.79 Å². The molecule has 1 aliphatic rings. The number of carbonyl (C=O) groups excluding carboxylic acids is 1. The molecule has 0 fully saturated rings. The van der Waals surface area contributed by atoms with Crippen molar-refractivity contribution < 1.29 is 4.79 Å². The van der Waals surface area contributed by atoms with Crippen molar-refractivity contribution in [3.63, 3.8) is 0 Å². The normalized spacial score (nSPS) is 15.8. The minimum atomic E-state index is -0.172. The van der Waals surface area contributed by atoms with Gasteiger partial charge in [-0.1, -0.05) is 36.4 Å². The number of pyridine rings is 1. The second-order valence-electron chi connectivity index (χ2n) is 6.78. The summed E-state index contributed by atoms with van der Waals surface area (Å²) in [6, 6.07) is 15.8. The molecule has 2 heterocycles. The topological polar surface area (TPSA) is 71.8 Å². The van der Waals surface area contributed by atoms with Crippen molar-refractivity contribution in [2.75, 3.05) is 0 Å². The summed E-state index contributed by atoms with van der Waals surface area (Å²) in [5.41, 5.74) is 4.42. The maximum atomic E-state index is 12.3. The summed E-state index contributed by atoms with van der Waals surface area (Å²) < 4.78 is 2.06. The Hall–Kier alpha value is -3.15. The molecule has 1 aliphatic carbocycles. The molecule has 27 heavy (non-hydrogen) atoms. The lowest BCUT2D eigenvalue weighted by Gasteiger charge is -2.24. The lowest BCUT2D eigenvalue weighted by atomic mass is 9.93. The maximum absolute atomic E-state index is 12.3. The van der Waals surface area contributed by atoms with Crippen LogP contribution in [0.2, 0.25) is 0 Å². The lowest BCUT2D eigenvalue weighted by molar-refractivity contribution is 0.235. The highest BCUT2D eigenvalue weighted by atomic mass is 16.2. The van der Waals surface area contributed by atoms with Crippen molar-refractivity contribution >= 4 is 6.03 Å². The number of hydrogen-bond acceptors (Lipinski definition) is 3. The van der Waals surface area contributed by atoms with Gasteiger partial charge in [0.15, 0.2) is 0 Å². The molecule has 0 saturated heterocycles. The first-order chi connectivity index (χ1) is 13.3. The number of carbonyl (C=O) groups is 1. The highest BCUT2D eigenvalue weighted by Crippen LogP contribution is 2.29. The third kappa shape index (κ3) is 4.16. The SMILES string of the molecule is O=C(NCc1ccccn1)NC1CCCc2c1cnn2Cc1ccccc1. The fraction of sp³-hybridized carbons (Fsp3) is 0.286. The van der Waals surface area contributed by atoms with E-state index < -0.39 is 0 Å². The van der Waals surface area contributed by atoms with E-state index in [1.165, 1.54) is 11.3 Å². The van der Waals surface area contributed by atoms with Gasteiger partial charge in [0.05, 0.1) is 31.0 Å². The van der Waals surface area contributed by atoms with E-state index in [9.17, 15) is 4.79 Å². The number of nitrogens with zero attached hydrogens (tertiary/aromatic N) is 3. The molecule has 2 N–H and O–H groups in total. The number of nitrogens with one attached hydrogen (secondary N) is 2. The van der Waals surface area contributed by atoms with Gasteiger partial charge >= 0.3 is 6.03 Å². The number of hydrogen-bond donors (Lipinski definition) is 2. The first-order valence-corrected chi connectivity index (χ1v) is 9.32. The molecule has 2 amide bonds. The molecule has 1 unspecified atom stereocenters. The highest BCUT2D eigenvalue weighted by Gasteiger charge is 2.25. The monoisotopic (exact) mass is 361 g/mol. The Balaban J connectivity index is 1.40. The minimum absolute atomic E-state index is 0.00186. The molecular weight excluding hydrogens is 338 g/mol. The summed E-state index contributed by atoms with van der Waals surface area (Å²) in [6.45, 7) is 1.17. The van der Waals surface area contributed by atoms with Crippen LogP contribution < -0.4 is 10.6 Å². The van der Waals surface area contributed by atoms with Crippen molar-refractivity contribution in [3.8, 4) is 0 Å². The van der Waals surface area contributed by atoms with E-state index >= 15 is 0 Å². The van der Waals surface area contributed by atoms with Crippen LogP contribution in [0, 0.1) is 0 Å². The summed E-state index contributed by atoms with van der Waals surface area (Å²) in [6.07, 6.45) is 6.60. The summed E-state index contributed by atoms with van der Waals surface area (Å²) in [4.78, 5) is 16.5. The quantitative estimate of drug-likeness (QED) is 0.733. The molecule has 0 spiro atoms. The van der Waals surface area contributed by atoms with Crippen molar-refractivity contribution in [2.45, 2.75) is 38.4 Å². The van der Waals surface area contributed by atoms with E-state index in [0.717, 1.165) is 37.1 Å². The Morgan fingerprint density at radius 2 is 2.00 bits per heavy atom. The largest absolute Gasteiger partial charge is 0.332 e. The van der Waals surface area contributed by atoms with E-state index in [0.29, 0.717) is 6.54 Å². The highest BCUT2D eigenvalue weighted by molar-refractivity contribution is 5.74. The van der Waals surface area contributed by atoms with E-state index in [4.69, 9.17) is 0 Å². The number of amides is 2. The fourth-order valence-electron chi connectivity index (χ4n) is 3.54. The smallest absolute Gasteiger partial charge is 0.315 e. The van der Waals surface area contributed by atoms with E-state index in [1.807, 2.05) is 42.6 Å². The second kappa shape index (κ2) is 8.03. The molecule has 0 radical (unpaired) electrons. The summed E-state index contributed by atoms with van der Waals surface area (Å²) in [5.74, 6) is 0. The second-order valence-corrected chi connectivity index (χ2v) is 6.78. The zero-order valence-corrected chi connectivity index (χ0v) is 15.1. The molecule has 0 aliphatic heterocycles. The third-order valence-corrected chi connectivity index (χ3v) is 4.90. The summed E-state index contributed by atoms with van der Waals surface area (Å²) >= 11 is 0. The minimum Gasteiger partial charge on any atom is -0.332 e. The number of fused-ring (bicyclic) bond motifs is 1. The first-order valence-electron chi connectivity index (χ1n) is 9.32. The van der Waals surface area contributed by atoms with Crippen LogP contribution in [-0.4, -0.2) is 20.8 Å². The van der Waals surface area contributed by atoms with Crippen LogP contribution in [0.15, 0.2) is 60.9 Å². The number of aromatic nitrogens is 3. The lowest BCUT2D eigenvalue weighted by Crippen LogP contribution is -2.38. The zero-order chi connectivity index (χ0) is 18.5. The average Bonchev–Trinajstić information content (AvgIpc) is 3.12. The Bertz CT molecular complexity index is 891. The fourth-order valence-corrected chi connectivity index (χ4v) is 3.54. The standard InChI is InChI=1S/C21H23N5O/c27-21(23-13-17-9-4-5-12-22-17)25-19-10-6-11-20-18(19)14-24-26(20)15-16-7-2-1-3-8-16/h1-5,7-9,12,14,19H,6,10-11,13,15H2,(H2,23,25,27). The number of benzene rings is 1. The van der Waals surface area contributed by atoms with E-state index in [1.54, 1.807) is 6.20 Å². The van der Waals surface area contributed by atoms with Crippen molar-refractivity contribution in [3.05, 3.63) is 83.4 Å². The van der Waals surface area contributed by atoms with Gasteiger partial charge in [-0.05, 0) is 37.0 Å². The van der Waals surface area contributed by atoms with Gasteiger partial charge in [0, 0.05) is 17.5 Å². The molecule has 2 aromatic heterocycles. The van der Waals surface area contributed by atoms with Crippen LogP contribution >= 0.6 is 0 Å². The molecule has 3 aromatic rings. The van der Waals surface area contributed by atoms with Crippen molar-refractivity contribution in [1.29, 1.82) is 0 Å². The molecule has 6 nitrogen and oxygen atoms in total. The van der Waals surface area contributed by atoms with Crippen LogP contribution in [0.5, 0.6) is 0 Å². The van der Waals surface area contributed by atoms with Gasteiger partial charge in [-0.2, -0.15) is 5.10 Å². The Labute approximate surface area is 158 Å². The van der Waals surface area contributed by atoms with Crippen molar-refractivity contribution in [1.82, 2.24) is 25.4 Å². The van der Waals surface area contributed by atoms with Crippen LogP contribution in [0.1, 0.15) is 41.4 Å². The van der Waals surface area contributed by atoms with Crippen LogP contribution in [0.3, 0.4) is 0 Å². The number of rotatable bonds is 5. The van der Waals surface area contributed by atoms with Gasteiger partial charge in [-0.15, -0.1) is 0 Å². The Morgan fingerprint density at radius 1 is 1.15 bits per heavy atom. The van der Waals surface area contributed by atoms with Gasteiger partial charge in [-0.3, -0.25) is 9.67 Å². The molecule has 1 aromatic carbocycles. The number of urea groups is 1. The summed E-state index contributed by atoms with van der Waals surface area (Å²) in [5, 5.41) is 10.6. The van der Waals surface area contributed by atoms with Gasteiger partial charge in [0.2, 0.25) is 0 Å². The molecule has 0 bridgehead atoms. The van der Waals surface area contributed by atoms with Crippen LogP contribution in [-0.2, 0) is 19.5 Å². The van der Waals surface area contributed by atoms with Gasteiger partial charge in [0.25, 0.3) is 0 Å². The summed E-state index contributed by atoms with van der Waals surface area (Å²) in [7, 11) is 0. The molecule has 0 saturated carbocycles. The molecule has 6 heteroatoms. The predicted molar refractivity (Wildman–Crippen MR) is 103 cm³/mol. The Morgan fingerprint density at radius 3 is 2.81 bits per heavy atom. The molecule has 4 rings (SSSR count). The predicted octanol–water partition coefficient (Wildman–Crippen LogP) is 3.20. The zero-order valence-electron chi connectivity index (χ0n) is 15.1. The molecular formula is C21H23N5O. The van der Waals surface area contributed by atoms with Crippen LogP contribution in [0.4, 0.5) is 4.79 Å². The molecule has 138 valence electrons. The maximum Gasteiger partial charge on any atom is 0.315 e.